The fourth-order valence-corrected chi connectivity index (χ4v) is 4.69. The predicted octanol–water partition coefficient (Wildman–Crippen LogP) is 5.63. The monoisotopic (exact) mass is 439 g/mol. The number of benzene rings is 3. The van der Waals surface area contributed by atoms with Gasteiger partial charge in [0.25, 0.3) is 5.91 Å². The number of hydrogen-bond donors (Lipinski definition) is 1. The summed E-state index contributed by atoms with van der Waals surface area (Å²) in [5, 5.41) is 3.64. The highest BCUT2D eigenvalue weighted by atomic mass is 32.2. The third kappa shape index (κ3) is 4.72. The zero-order valence-electron chi connectivity index (χ0n) is 15.5. The Morgan fingerprint density at radius 2 is 1.77 bits per heavy atom. The molecule has 0 aliphatic carbocycles. The van der Waals surface area contributed by atoms with E-state index in [2.05, 4.69) is 15.5 Å². The van der Waals surface area contributed by atoms with Crippen LogP contribution in [0.2, 0.25) is 0 Å². The molecule has 0 atom stereocenters. The van der Waals surface area contributed by atoms with Gasteiger partial charge in [-0.25, -0.2) is 19.2 Å². The normalized spacial score (nSPS) is 11.3. The minimum atomic E-state index is -0.747. The van der Waals surface area contributed by atoms with Crippen LogP contribution in [-0.4, -0.2) is 17.1 Å². The van der Waals surface area contributed by atoms with Crippen LogP contribution in [0.5, 0.6) is 0 Å². The zero-order valence-corrected chi connectivity index (χ0v) is 17.1. The summed E-state index contributed by atoms with van der Waals surface area (Å²) in [5.74, 6) is -1.23. The average Bonchev–Trinajstić information content (AvgIpc) is 3.18. The van der Waals surface area contributed by atoms with E-state index in [-0.39, 0.29) is 5.56 Å². The van der Waals surface area contributed by atoms with E-state index in [1.165, 1.54) is 6.07 Å². The minimum Gasteiger partial charge on any atom is -0.267 e. The molecule has 4 aromatic rings. The van der Waals surface area contributed by atoms with Crippen LogP contribution >= 0.6 is 23.1 Å². The van der Waals surface area contributed by atoms with Crippen molar-refractivity contribution in [2.75, 3.05) is 0 Å². The van der Waals surface area contributed by atoms with E-state index in [0.29, 0.717) is 5.56 Å². The highest BCUT2D eigenvalue weighted by molar-refractivity contribution is 8.00. The number of hydrogen-bond acceptors (Lipinski definition) is 5. The molecule has 4 nitrogen and oxygen atoms in total. The maximum Gasteiger partial charge on any atom is 0.271 e. The third-order valence-electron chi connectivity index (χ3n) is 4.21. The third-order valence-corrected chi connectivity index (χ3v) is 6.46. The van der Waals surface area contributed by atoms with Gasteiger partial charge in [-0.3, -0.25) is 4.79 Å². The summed E-state index contributed by atoms with van der Waals surface area (Å²) in [6, 6.07) is 18.6. The Kier molecular flexibility index (Phi) is 6.15. The van der Waals surface area contributed by atoms with Crippen LogP contribution in [0.3, 0.4) is 0 Å². The van der Waals surface area contributed by atoms with Crippen LogP contribution in [0.1, 0.15) is 21.5 Å². The molecule has 0 fully saturated rings. The molecule has 0 saturated carbocycles. The van der Waals surface area contributed by atoms with Crippen LogP contribution in [0.4, 0.5) is 8.78 Å². The number of thiazole rings is 1. The van der Waals surface area contributed by atoms with Gasteiger partial charge in [0.1, 0.15) is 11.6 Å². The lowest BCUT2D eigenvalue weighted by Crippen LogP contribution is -2.17. The molecule has 0 spiro atoms. The van der Waals surface area contributed by atoms with Crippen molar-refractivity contribution in [3.63, 3.8) is 0 Å². The van der Waals surface area contributed by atoms with Gasteiger partial charge < -0.3 is 0 Å². The van der Waals surface area contributed by atoms with Crippen LogP contribution in [-0.2, 0) is 5.75 Å². The SMILES string of the molecule is O=C(NN=Cc1c(F)cccc1F)c1ccc(CSc2nc3ccccc3s2)cc1. The van der Waals surface area contributed by atoms with Gasteiger partial charge in [-0.15, -0.1) is 11.3 Å². The number of nitrogens with zero attached hydrogens (tertiary/aromatic N) is 2. The fourth-order valence-electron chi connectivity index (χ4n) is 2.66. The van der Waals surface area contributed by atoms with E-state index in [1.807, 2.05) is 36.4 Å². The smallest absolute Gasteiger partial charge is 0.267 e. The number of halogens is 2. The number of carbonyl (C=O) groups is 1. The molecule has 4 rings (SSSR count). The topological polar surface area (TPSA) is 54.4 Å². The minimum absolute atomic E-state index is 0.306. The summed E-state index contributed by atoms with van der Waals surface area (Å²) in [4.78, 5) is 16.8. The number of para-hydroxylation sites is 1. The number of amides is 1. The maximum atomic E-state index is 13.5. The first-order valence-electron chi connectivity index (χ1n) is 8.95. The highest BCUT2D eigenvalue weighted by Gasteiger charge is 2.08. The second kappa shape index (κ2) is 9.15. The lowest BCUT2D eigenvalue weighted by molar-refractivity contribution is 0.0955. The molecule has 3 aromatic carbocycles. The van der Waals surface area contributed by atoms with Crippen molar-refractivity contribution < 1.29 is 13.6 Å². The first kappa shape index (κ1) is 20.2. The van der Waals surface area contributed by atoms with E-state index in [1.54, 1.807) is 35.2 Å². The lowest BCUT2D eigenvalue weighted by atomic mass is 10.1. The molecule has 0 saturated heterocycles. The van der Waals surface area contributed by atoms with E-state index < -0.39 is 17.5 Å². The summed E-state index contributed by atoms with van der Waals surface area (Å²) in [5.41, 5.74) is 4.41. The summed E-state index contributed by atoms with van der Waals surface area (Å²) in [6.45, 7) is 0. The first-order chi connectivity index (χ1) is 14.6. The maximum absolute atomic E-state index is 13.5. The summed E-state index contributed by atoms with van der Waals surface area (Å²) in [6.07, 6.45) is 0.950. The molecule has 0 radical (unpaired) electrons. The Balaban J connectivity index is 1.34. The standard InChI is InChI=1S/C22H15F2N3OS2/c23-17-4-3-5-18(24)16(17)12-25-27-21(28)15-10-8-14(9-11-15)13-29-22-26-19-6-1-2-7-20(19)30-22/h1-12H,13H2,(H,27,28). The molecular weight excluding hydrogens is 424 g/mol. The van der Waals surface area contributed by atoms with E-state index >= 15 is 0 Å². The Labute approximate surface area is 179 Å². The molecule has 0 aliphatic rings. The fraction of sp³-hybridized carbons (Fsp3) is 0.0455. The van der Waals surface area contributed by atoms with Crippen LogP contribution in [0.25, 0.3) is 10.2 Å². The number of carbonyl (C=O) groups excluding carboxylic acids is 1. The van der Waals surface area contributed by atoms with Crippen LogP contribution in [0.15, 0.2) is 76.2 Å². The van der Waals surface area contributed by atoms with Gasteiger partial charge in [0, 0.05) is 11.3 Å². The second-order valence-corrected chi connectivity index (χ2v) is 8.52. The molecule has 150 valence electrons. The molecule has 1 amide bonds. The van der Waals surface area contributed by atoms with E-state index in [0.717, 1.165) is 44.2 Å². The molecule has 0 bridgehead atoms. The number of rotatable bonds is 6. The van der Waals surface area contributed by atoms with Crippen molar-refractivity contribution >= 4 is 45.4 Å². The summed E-state index contributed by atoms with van der Waals surface area (Å²) < 4.78 is 29.2. The molecule has 1 aromatic heterocycles. The number of nitrogens with one attached hydrogen (secondary N) is 1. The van der Waals surface area contributed by atoms with Gasteiger partial charge in [-0.2, -0.15) is 5.10 Å². The van der Waals surface area contributed by atoms with Crippen LogP contribution < -0.4 is 5.43 Å². The van der Waals surface area contributed by atoms with Crippen molar-refractivity contribution in [2.45, 2.75) is 10.1 Å². The summed E-state index contributed by atoms with van der Waals surface area (Å²) >= 11 is 3.29. The molecule has 0 unspecified atom stereocenters. The largest absolute Gasteiger partial charge is 0.271 e. The molecule has 30 heavy (non-hydrogen) atoms. The first-order valence-corrected chi connectivity index (χ1v) is 10.7. The van der Waals surface area contributed by atoms with Crippen molar-refractivity contribution in [2.24, 2.45) is 5.10 Å². The van der Waals surface area contributed by atoms with Gasteiger partial charge in [-0.05, 0) is 42.0 Å². The number of fused-ring (bicyclic) bond motifs is 1. The Bertz CT molecular complexity index is 1170. The highest BCUT2D eigenvalue weighted by Crippen LogP contribution is 2.31. The molecule has 1 N–H and O–H groups in total. The number of hydrazone groups is 1. The second-order valence-electron chi connectivity index (χ2n) is 6.27. The lowest BCUT2D eigenvalue weighted by Gasteiger charge is -2.03. The van der Waals surface area contributed by atoms with Crippen LogP contribution in [0, 0.1) is 11.6 Å². The van der Waals surface area contributed by atoms with Crippen molar-refractivity contribution in [3.05, 3.63) is 95.1 Å². The van der Waals surface area contributed by atoms with Gasteiger partial charge in [-0.1, -0.05) is 42.1 Å². The Morgan fingerprint density at radius 1 is 1.03 bits per heavy atom. The van der Waals surface area contributed by atoms with E-state index in [4.69, 9.17) is 0 Å². The molecule has 8 heteroatoms. The predicted molar refractivity (Wildman–Crippen MR) is 117 cm³/mol. The van der Waals surface area contributed by atoms with E-state index in [9.17, 15) is 13.6 Å². The molecular formula is C22H15F2N3OS2. The van der Waals surface area contributed by atoms with Crippen molar-refractivity contribution in [3.8, 4) is 0 Å². The summed E-state index contributed by atoms with van der Waals surface area (Å²) in [7, 11) is 0. The Hall–Kier alpha value is -3.10. The Morgan fingerprint density at radius 3 is 2.50 bits per heavy atom. The van der Waals surface area contributed by atoms with Crippen molar-refractivity contribution in [1.29, 1.82) is 0 Å². The average molecular weight is 440 g/mol. The molecule has 1 heterocycles. The number of aromatic nitrogens is 1. The van der Waals surface area contributed by atoms with Gasteiger partial charge in [0.05, 0.1) is 22.0 Å². The zero-order chi connectivity index (χ0) is 20.9. The molecule has 0 aliphatic heterocycles. The van der Waals surface area contributed by atoms with Crippen molar-refractivity contribution in [1.82, 2.24) is 10.4 Å². The van der Waals surface area contributed by atoms with Gasteiger partial charge >= 0.3 is 0 Å². The van der Waals surface area contributed by atoms with Gasteiger partial charge in [0.2, 0.25) is 0 Å². The van der Waals surface area contributed by atoms with Gasteiger partial charge in [0.15, 0.2) is 4.34 Å². The quantitative estimate of drug-likeness (QED) is 0.241. The number of thioether (sulfide) groups is 1.